The smallest absolute Gasteiger partial charge is 0.250 e. The van der Waals surface area contributed by atoms with Crippen molar-refractivity contribution in [2.24, 2.45) is 5.10 Å². The lowest BCUT2D eigenvalue weighted by molar-refractivity contribution is -0.118. The van der Waals surface area contributed by atoms with Crippen LogP contribution < -0.4 is 10.2 Å². The van der Waals surface area contributed by atoms with Crippen LogP contribution in [0.1, 0.15) is 16.7 Å². The molecule has 0 saturated heterocycles. The quantitative estimate of drug-likeness (QED) is 0.244. The number of imidazole rings is 1. The number of thioether (sulfide) groups is 1. The molecule has 7 heteroatoms. The summed E-state index contributed by atoms with van der Waals surface area (Å²) < 4.78 is 7.29. The van der Waals surface area contributed by atoms with Crippen molar-refractivity contribution < 1.29 is 9.53 Å². The Hall–Kier alpha value is -3.58. The van der Waals surface area contributed by atoms with Crippen molar-refractivity contribution in [1.82, 2.24) is 15.0 Å². The summed E-state index contributed by atoms with van der Waals surface area (Å²) in [5, 5.41) is 4.85. The molecule has 4 rings (SSSR count). The number of carbonyl (C=O) groups is 1. The molecule has 0 saturated carbocycles. The molecule has 0 aliphatic carbocycles. The Bertz CT molecular complexity index is 1230. The van der Waals surface area contributed by atoms with Crippen molar-refractivity contribution in [3.63, 3.8) is 0 Å². The summed E-state index contributed by atoms with van der Waals surface area (Å²) in [6.45, 7) is 2.77. The highest BCUT2D eigenvalue weighted by atomic mass is 32.2. The van der Waals surface area contributed by atoms with E-state index in [1.807, 2.05) is 42.5 Å². The van der Waals surface area contributed by atoms with Crippen LogP contribution in [0.2, 0.25) is 0 Å². The van der Waals surface area contributed by atoms with E-state index in [1.54, 1.807) is 13.3 Å². The average Bonchev–Trinajstić information content (AvgIpc) is 3.17. The Morgan fingerprint density at radius 1 is 1.09 bits per heavy atom. The molecule has 1 heterocycles. The average molecular weight is 445 g/mol. The summed E-state index contributed by atoms with van der Waals surface area (Å²) >= 11 is 1.40. The second-order valence-corrected chi connectivity index (χ2v) is 8.25. The van der Waals surface area contributed by atoms with E-state index in [9.17, 15) is 4.79 Å². The number of hydrogen-bond donors (Lipinski definition) is 1. The van der Waals surface area contributed by atoms with E-state index in [-0.39, 0.29) is 11.7 Å². The van der Waals surface area contributed by atoms with Crippen LogP contribution in [0.3, 0.4) is 0 Å². The first-order chi connectivity index (χ1) is 15.6. The van der Waals surface area contributed by atoms with E-state index in [2.05, 4.69) is 52.3 Å². The van der Waals surface area contributed by atoms with E-state index < -0.39 is 0 Å². The summed E-state index contributed by atoms with van der Waals surface area (Å²) in [4.78, 5) is 17.1. The molecule has 6 nitrogen and oxygen atoms in total. The normalized spacial score (nSPS) is 11.2. The molecule has 0 radical (unpaired) electrons. The fraction of sp³-hybridized carbons (Fsp3) is 0.160. The van der Waals surface area contributed by atoms with Crippen LogP contribution in [0, 0.1) is 6.92 Å². The van der Waals surface area contributed by atoms with Gasteiger partial charge < -0.3 is 9.30 Å². The van der Waals surface area contributed by atoms with E-state index in [0.29, 0.717) is 6.54 Å². The highest BCUT2D eigenvalue weighted by Crippen LogP contribution is 2.25. The van der Waals surface area contributed by atoms with E-state index in [0.717, 1.165) is 27.5 Å². The number of aromatic nitrogens is 2. The number of nitrogens with zero attached hydrogens (tertiary/aromatic N) is 3. The largest absolute Gasteiger partial charge is 0.497 e. The number of benzene rings is 3. The van der Waals surface area contributed by atoms with E-state index in [1.165, 1.54) is 22.9 Å². The third-order valence-corrected chi connectivity index (χ3v) is 5.91. The fourth-order valence-electron chi connectivity index (χ4n) is 3.22. The van der Waals surface area contributed by atoms with Crippen molar-refractivity contribution >= 4 is 34.9 Å². The maximum atomic E-state index is 12.3. The van der Waals surface area contributed by atoms with Crippen molar-refractivity contribution in [2.45, 2.75) is 18.6 Å². The van der Waals surface area contributed by atoms with Gasteiger partial charge in [-0.15, -0.1) is 0 Å². The topological polar surface area (TPSA) is 68.5 Å². The zero-order valence-corrected chi connectivity index (χ0v) is 18.8. The van der Waals surface area contributed by atoms with Crippen molar-refractivity contribution in [2.75, 3.05) is 12.9 Å². The number of aryl methyl sites for hydroxylation is 1. The van der Waals surface area contributed by atoms with E-state index in [4.69, 9.17) is 9.72 Å². The first-order valence-corrected chi connectivity index (χ1v) is 11.2. The van der Waals surface area contributed by atoms with Crippen LogP contribution in [-0.4, -0.2) is 34.5 Å². The SMILES string of the molecule is COc1ccc(/C=N\NC(=O)CSc2nc3ccccc3n2Cc2ccc(C)cc2)cc1. The molecule has 0 fully saturated rings. The van der Waals surface area contributed by atoms with Crippen LogP contribution in [0.25, 0.3) is 11.0 Å². The number of nitrogens with one attached hydrogen (secondary N) is 1. The third-order valence-electron chi connectivity index (χ3n) is 4.93. The number of amides is 1. The molecule has 162 valence electrons. The van der Waals surface area contributed by atoms with Crippen molar-refractivity contribution in [3.05, 3.63) is 89.5 Å². The minimum absolute atomic E-state index is 0.186. The first kappa shape index (κ1) is 21.6. The van der Waals surface area contributed by atoms with Gasteiger partial charge in [0.25, 0.3) is 5.91 Å². The number of hydrazone groups is 1. The molecule has 0 spiro atoms. The number of para-hydroxylation sites is 2. The van der Waals surface area contributed by atoms with Crippen LogP contribution in [0.4, 0.5) is 0 Å². The predicted molar refractivity (Wildman–Crippen MR) is 129 cm³/mol. The zero-order chi connectivity index (χ0) is 22.3. The summed E-state index contributed by atoms with van der Waals surface area (Å²) in [5.74, 6) is 0.807. The lowest BCUT2D eigenvalue weighted by atomic mass is 10.1. The Balaban J connectivity index is 1.42. The lowest BCUT2D eigenvalue weighted by Crippen LogP contribution is -2.20. The van der Waals surface area contributed by atoms with Gasteiger partial charge in [0.05, 0.1) is 36.7 Å². The molecule has 3 aromatic carbocycles. The minimum Gasteiger partial charge on any atom is -0.497 e. The highest BCUT2D eigenvalue weighted by molar-refractivity contribution is 7.99. The van der Waals surface area contributed by atoms with Gasteiger partial charge in [0, 0.05) is 0 Å². The summed E-state index contributed by atoms with van der Waals surface area (Å²) in [5.41, 5.74) is 7.84. The highest BCUT2D eigenvalue weighted by Gasteiger charge is 2.13. The number of fused-ring (bicyclic) bond motifs is 1. The van der Waals surface area contributed by atoms with Crippen LogP contribution in [-0.2, 0) is 11.3 Å². The molecule has 0 aliphatic rings. The molecule has 0 unspecified atom stereocenters. The van der Waals surface area contributed by atoms with Gasteiger partial charge >= 0.3 is 0 Å². The van der Waals surface area contributed by atoms with Gasteiger partial charge in [-0.2, -0.15) is 5.10 Å². The standard InChI is InChI=1S/C25H24N4O2S/c1-18-7-9-20(10-8-18)16-29-23-6-4-3-5-22(23)27-25(29)32-17-24(30)28-26-15-19-11-13-21(31-2)14-12-19/h3-15H,16-17H2,1-2H3,(H,28,30)/b26-15-. The molecule has 0 atom stereocenters. The summed E-state index contributed by atoms with van der Waals surface area (Å²) in [6.07, 6.45) is 1.61. The fourth-order valence-corrected chi connectivity index (χ4v) is 4.03. The Labute approximate surface area is 191 Å². The number of carbonyl (C=O) groups excluding carboxylic acids is 1. The number of hydrogen-bond acceptors (Lipinski definition) is 5. The molecule has 1 N–H and O–H groups in total. The second-order valence-electron chi connectivity index (χ2n) is 7.31. The van der Waals surface area contributed by atoms with Gasteiger partial charge in [0.15, 0.2) is 5.16 Å². The number of methoxy groups -OCH3 is 1. The van der Waals surface area contributed by atoms with Gasteiger partial charge in [0.1, 0.15) is 5.75 Å². The molecule has 1 aromatic heterocycles. The number of rotatable bonds is 8. The maximum Gasteiger partial charge on any atom is 0.250 e. The molecular formula is C25H24N4O2S. The van der Waals surface area contributed by atoms with Gasteiger partial charge in [0.2, 0.25) is 0 Å². The Morgan fingerprint density at radius 2 is 1.84 bits per heavy atom. The first-order valence-electron chi connectivity index (χ1n) is 10.2. The molecule has 0 bridgehead atoms. The van der Waals surface area contributed by atoms with E-state index >= 15 is 0 Å². The monoisotopic (exact) mass is 444 g/mol. The zero-order valence-electron chi connectivity index (χ0n) is 18.0. The molecule has 0 aliphatic heterocycles. The predicted octanol–water partition coefficient (Wildman–Crippen LogP) is 4.64. The Morgan fingerprint density at radius 3 is 2.59 bits per heavy atom. The third kappa shape index (κ3) is 5.36. The minimum atomic E-state index is -0.186. The molecule has 32 heavy (non-hydrogen) atoms. The molecular weight excluding hydrogens is 420 g/mol. The second kappa shape index (κ2) is 10.2. The van der Waals surface area contributed by atoms with Crippen molar-refractivity contribution in [1.29, 1.82) is 0 Å². The van der Waals surface area contributed by atoms with Gasteiger partial charge in [-0.3, -0.25) is 4.79 Å². The number of ether oxygens (including phenoxy) is 1. The lowest BCUT2D eigenvalue weighted by Gasteiger charge is -2.09. The Kier molecular flexibility index (Phi) is 6.87. The van der Waals surface area contributed by atoms with Gasteiger partial charge in [-0.25, -0.2) is 10.4 Å². The van der Waals surface area contributed by atoms with Gasteiger partial charge in [-0.1, -0.05) is 53.7 Å². The molecule has 1 amide bonds. The summed E-state index contributed by atoms with van der Waals surface area (Å²) in [6, 6.07) is 23.9. The van der Waals surface area contributed by atoms with Crippen molar-refractivity contribution in [3.8, 4) is 5.75 Å². The van der Waals surface area contributed by atoms with Crippen LogP contribution in [0.5, 0.6) is 5.75 Å². The van der Waals surface area contributed by atoms with Crippen LogP contribution >= 0.6 is 11.8 Å². The summed E-state index contributed by atoms with van der Waals surface area (Å²) in [7, 11) is 1.62. The van der Waals surface area contributed by atoms with Gasteiger partial charge in [-0.05, 0) is 54.4 Å². The molecule has 4 aromatic rings. The van der Waals surface area contributed by atoms with Crippen LogP contribution in [0.15, 0.2) is 83.1 Å². The maximum absolute atomic E-state index is 12.3.